The van der Waals surface area contributed by atoms with Crippen molar-refractivity contribution in [2.75, 3.05) is 25.5 Å². The highest BCUT2D eigenvalue weighted by Gasteiger charge is 2.39. The van der Waals surface area contributed by atoms with Crippen molar-refractivity contribution in [1.29, 1.82) is 0 Å². The summed E-state index contributed by atoms with van der Waals surface area (Å²) in [6.07, 6.45) is 3.35. The first-order valence-electron chi connectivity index (χ1n) is 6.76. The predicted molar refractivity (Wildman–Crippen MR) is 78.1 cm³/mol. The fourth-order valence-electron chi connectivity index (χ4n) is 2.34. The maximum atomic E-state index is 12.3. The Hall–Kier alpha value is -1.60. The lowest BCUT2D eigenvalue weighted by Gasteiger charge is -2.29. The van der Waals surface area contributed by atoms with E-state index in [0.29, 0.717) is 6.54 Å². The van der Waals surface area contributed by atoms with Gasteiger partial charge in [0.2, 0.25) is 5.91 Å². The number of carbonyl (C=O) groups is 2. The summed E-state index contributed by atoms with van der Waals surface area (Å²) in [5, 5.41) is 9.19. The van der Waals surface area contributed by atoms with Crippen LogP contribution < -0.4 is 0 Å². The third-order valence-corrected chi connectivity index (χ3v) is 4.44. The number of thioether (sulfide) groups is 1. The van der Waals surface area contributed by atoms with Gasteiger partial charge in [0.1, 0.15) is 5.92 Å². The summed E-state index contributed by atoms with van der Waals surface area (Å²) in [5.74, 6) is -1.34. The maximum absolute atomic E-state index is 12.3. The van der Waals surface area contributed by atoms with Gasteiger partial charge in [-0.2, -0.15) is 0 Å². The molecule has 0 aromatic carbocycles. The Morgan fingerprint density at radius 1 is 1.43 bits per heavy atom. The number of ether oxygens (including phenoxy) is 1. The molecule has 2 rings (SSSR count). The zero-order valence-corrected chi connectivity index (χ0v) is 12.6. The van der Waals surface area contributed by atoms with Gasteiger partial charge in [0.15, 0.2) is 0 Å². The van der Waals surface area contributed by atoms with Gasteiger partial charge in [0, 0.05) is 23.8 Å². The van der Waals surface area contributed by atoms with Gasteiger partial charge >= 0.3 is 5.97 Å². The average molecular weight is 310 g/mol. The highest BCUT2D eigenvalue weighted by Crippen LogP contribution is 2.22. The van der Waals surface area contributed by atoms with E-state index in [1.165, 1.54) is 11.8 Å². The molecule has 1 fully saturated rings. The van der Waals surface area contributed by atoms with Gasteiger partial charge in [-0.3, -0.25) is 14.6 Å². The summed E-state index contributed by atoms with van der Waals surface area (Å²) in [7, 11) is 0. The van der Waals surface area contributed by atoms with E-state index in [0.717, 1.165) is 4.90 Å². The molecule has 1 aliphatic rings. The molecule has 0 radical (unpaired) electrons. The van der Waals surface area contributed by atoms with Crippen molar-refractivity contribution < 1.29 is 19.4 Å². The molecule has 114 valence electrons. The molecule has 1 saturated heterocycles. The van der Waals surface area contributed by atoms with Crippen molar-refractivity contribution in [2.45, 2.75) is 17.9 Å². The van der Waals surface area contributed by atoms with Gasteiger partial charge in [-0.25, -0.2) is 0 Å². The van der Waals surface area contributed by atoms with Gasteiger partial charge < -0.3 is 14.7 Å². The van der Waals surface area contributed by atoms with Crippen LogP contribution in [0.1, 0.15) is 6.92 Å². The Labute approximate surface area is 127 Å². The van der Waals surface area contributed by atoms with Crippen LogP contribution in [-0.2, 0) is 14.3 Å². The second-order valence-corrected chi connectivity index (χ2v) is 5.75. The highest BCUT2D eigenvalue weighted by atomic mass is 32.2. The molecule has 0 saturated carbocycles. The Balaban J connectivity index is 1.97. The fourth-order valence-corrected chi connectivity index (χ4v) is 3.11. The third kappa shape index (κ3) is 3.95. The Bertz CT molecular complexity index is 497. The minimum atomic E-state index is -0.912. The van der Waals surface area contributed by atoms with Crippen LogP contribution in [0.3, 0.4) is 0 Å². The molecule has 1 aromatic heterocycles. The summed E-state index contributed by atoms with van der Waals surface area (Å²) in [5.41, 5.74) is 0. The molecule has 21 heavy (non-hydrogen) atoms. The molecule has 0 aliphatic carbocycles. The fraction of sp³-hybridized carbons (Fsp3) is 0.500. The summed E-state index contributed by atoms with van der Waals surface area (Å²) >= 11 is 1.42. The van der Waals surface area contributed by atoms with Crippen LogP contribution in [0.5, 0.6) is 0 Å². The van der Waals surface area contributed by atoms with Crippen molar-refractivity contribution in [3.05, 3.63) is 24.5 Å². The third-order valence-electron chi connectivity index (χ3n) is 3.44. The van der Waals surface area contributed by atoms with Crippen LogP contribution >= 0.6 is 11.8 Å². The SMILES string of the molecule is CCN(C(=O)CSc1ccncc1)C1COCC1C(=O)O. The molecule has 0 spiro atoms. The smallest absolute Gasteiger partial charge is 0.311 e. The monoisotopic (exact) mass is 310 g/mol. The van der Waals surface area contributed by atoms with E-state index in [1.807, 2.05) is 19.1 Å². The minimum Gasteiger partial charge on any atom is -0.481 e. The predicted octanol–water partition coefficient (Wildman–Crippen LogP) is 1.12. The second-order valence-electron chi connectivity index (χ2n) is 4.70. The van der Waals surface area contributed by atoms with Crippen molar-refractivity contribution in [1.82, 2.24) is 9.88 Å². The Morgan fingerprint density at radius 3 is 2.76 bits per heavy atom. The molecular weight excluding hydrogens is 292 g/mol. The largest absolute Gasteiger partial charge is 0.481 e. The number of likely N-dealkylation sites (N-methyl/N-ethyl adjacent to an activating group) is 1. The van der Waals surface area contributed by atoms with E-state index in [-0.39, 0.29) is 30.9 Å². The van der Waals surface area contributed by atoms with Crippen molar-refractivity contribution >= 4 is 23.6 Å². The highest BCUT2D eigenvalue weighted by molar-refractivity contribution is 8.00. The van der Waals surface area contributed by atoms with E-state index in [4.69, 9.17) is 4.74 Å². The van der Waals surface area contributed by atoms with Gasteiger partial charge in [-0.1, -0.05) is 0 Å². The number of carboxylic acids is 1. The van der Waals surface area contributed by atoms with Crippen LogP contribution in [0.4, 0.5) is 0 Å². The van der Waals surface area contributed by atoms with Crippen molar-refractivity contribution in [3.8, 4) is 0 Å². The number of hydrogen-bond donors (Lipinski definition) is 1. The molecule has 1 amide bonds. The van der Waals surface area contributed by atoms with Crippen LogP contribution in [-0.4, -0.2) is 58.4 Å². The van der Waals surface area contributed by atoms with Crippen LogP contribution in [0.15, 0.2) is 29.4 Å². The van der Waals surface area contributed by atoms with E-state index in [9.17, 15) is 14.7 Å². The molecule has 7 heteroatoms. The van der Waals surface area contributed by atoms with Gasteiger partial charge in [0.05, 0.1) is 25.0 Å². The van der Waals surface area contributed by atoms with E-state index >= 15 is 0 Å². The van der Waals surface area contributed by atoms with Gasteiger partial charge in [-0.05, 0) is 19.1 Å². The summed E-state index contributed by atoms with van der Waals surface area (Å²) < 4.78 is 5.24. The summed E-state index contributed by atoms with van der Waals surface area (Å²) in [4.78, 5) is 30.0. The minimum absolute atomic E-state index is 0.0685. The maximum Gasteiger partial charge on any atom is 0.311 e. The zero-order valence-electron chi connectivity index (χ0n) is 11.8. The van der Waals surface area contributed by atoms with E-state index in [2.05, 4.69) is 4.98 Å². The van der Waals surface area contributed by atoms with Crippen molar-refractivity contribution in [3.63, 3.8) is 0 Å². The quantitative estimate of drug-likeness (QED) is 0.793. The topological polar surface area (TPSA) is 79.7 Å². The lowest BCUT2D eigenvalue weighted by molar-refractivity contribution is -0.144. The van der Waals surface area contributed by atoms with E-state index in [1.54, 1.807) is 17.3 Å². The molecular formula is C14H18N2O4S. The molecule has 2 atom stereocenters. The molecule has 0 bridgehead atoms. The standard InChI is InChI=1S/C14H18N2O4S/c1-2-16(12-8-20-7-11(12)14(18)19)13(17)9-21-10-3-5-15-6-4-10/h3-6,11-12H,2,7-9H2,1H3,(H,18,19). The number of carboxylic acid groups (broad SMARTS) is 1. The normalized spacial score (nSPS) is 21.2. The molecule has 2 heterocycles. The molecule has 1 aromatic rings. The number of pyridine rings is 1. The summed E-state index contributed by atoms with van der Waals surface area (Å²) in [6, 6.07) is 3.30. The lowest BCUT2D eigenvalue weighted by Crippen LogP contribution is -2.47. The molecule has 1 aliphatic heterocycles. The first-order valence-corrected chi connectivity index (χ1v) is 7.75. The Morgan fingerprint density at radius 2 is 2.14 bits per heavy atom. The Kier molecular flexibility index (Phi) is 5.58. The number of hydrogen-bond acceptors (Lipinski definition) is 5. The van der Waals surface area contributed by atoms with Crippen molar-refractivity contribution in [2.24, 2.45) is 5.92 Å². The lowest BCUT2D eigenvalue weighted by atomic mass is 10.0. The number of carbonyl (C=O) groups excluding carboxylic acids is 1. The number of aliphatic carboxylic acids is 1. The first kappa shape index (κ1) is 15.8. The first-order chi connectivity index (χ1) is 10.1. The molecule has 6 nitrogen and oxygen atoms in total. The number of amides is 1. The number of nitrogens with zero attached hydrogens (tertiary/aromatic N) is 2. The van der Waals surface area contributed by atoms with Gasteiger partial charge in [0.25, 0.3) is 0 Å². The van der Waals surface area contributed by atoms with Crippen LogP contribution in [0.25, 0.3) is 0 Å². The number of aromatic nitrogens is 1. The van der Waals surface area contributed by atoms with Gasteiger partial charge in [-0.15, -0.1) is 11.8 Å². The van der Waals surface area contributed by atoms with Crippen LogP contribution in [0, 0.1) is 5.92 Å². The number of rotatable bonds is 6. The molecule has 2 unspecified atom stereocenters. The van der Waals surface area contributed by atoms with Crippen LogP contribution in [0.2, 0.25) is 0 Å². The van der Waals surface area contributed by atoms with E-state index < -0.39 is 11.9 Å². The average Bonchev–Trinajstić information content (AvgIpc) is 2.96. The second kappa shape index (κ2) is 7.42. The zero-order chi connectivity index (χ0) is 15.2. The summed E-state index contributed by atoms with van der Waals surface area (Å²) in [6.45, 7) is 2.79. The molecule has 1 N–H and O–H groups in total.